The van der Waals surface area contributed by atoms with Gasteiger partial charge in [-0.1, -0.05) is 35.3 Å². The minimum Gasteiger partial charge on any atom is -0.399 e. The molecule has 3 N–H and O–H groups in total. The number of nitrogens with one attached hydrogen (secondary N) is 1. The average Bonchev–Trinajstić information content (AvgIpc) is 2.47. The van der Waals surface area contributed by atoms with E-state index in [-0.39, 0.29) is 11.8 Å². The highest BCUT2D eigenvalue weighted by atomic mass is 79.9. The summed E-state index contributed by atoms with van der Waals surface area (Å²) in [5.74, 6) is -0.534. The van der Waals surface area contributed by atoms with Gasteiger partial charge in [0.25, 0.3) is 0 Å². The zero-order valence-corrected chi connectivity index (χ0v) is 14.3. The fourth-order valence-corrected chi connectivity index (χ4v) is 2.66. The first-order chi connectivity index (χ1) is 9.90. The van der Waals surface area contributed by atoms with Gasteiger partial charge in [0.05, 0.1) is 21.7 Å². The minimum atomic E-state index is -0.355. The van der Waals surface area contributed by atoms with Gasteiger partial charge in [-0.25, -0.2) is 0 Å². The lowest BCUT2D eigenvalue weighted by molar-refractivity contribution is -0.117. The van der Waals surface area contributed by atoms with E-state index in [1.54, 1.807) is 31.2 Å². The molecule has 110 valence electrons. The number of hydrogen-bond donors (Lipinski definition) is 2. The van der Waals surface area contributed by atoms with Crippen LogP contribution in [0.2, 0.25) is 10.0 Å². The largest absolute Gasteiger partial charge is 0.399 e. The molecule has 1 unspecified atom stereocenters. The summed E-state index contributed by atoms with van der Waals surface area (Å²) < 4.78 is 0.677. The Balaban J connectivity index is 2.20. The van der Waals surface area contributed by atoms with Crippen molar-refractivity contribution in [2.24, 2.45) is 0 Å². The Morgan fingerprint density at radius 3 is 2.62 bits per heavy atom. The molecule has 2 rings (SSSR count). The molecule has 21 heavy (non-hydrogen) atoms. The predicted molar refractivity (Wildman–Crippen MR) is 92.1 cm³/mol. The summed E-state index contributed by atoms with van der Waals surface area (Å²) in [4.78, 5) is 12.3. The third-order valence-electron chi connectivity index (χ3n) is 3.10. The van der Waals surface area contributed by atoms with Gasteiger partial charge in [-0.15, -0.1) is 0 Å². The van der Waals surface area contributed by atoms with Crippen LogP contribution in [0.25, 0.3) is 0 Å². The number of anilines is 2. The molecule has 0 saturated heterocycles. The number of nitrogens with two attached hydrogens (primary N) is 1. The molecule has 0 saturated carbocycles. The van der Waals surface area contributed by atoms with Crippen LogP contribution in [0.1, 0.15) is 18.4 Å². The van der Waals surface area contributed by atoms with Crippen molar-refractivity contribution in [1.29, 1.82) is 0 Å². The number of nitrogen functional groups attached to an aromatic ring is 1. The second kappa shape index (κ2) is 6.69. The highest BCUT2D eigenvalue weighted by Gasteiger charge is 2.18. The molecule has 0 fully saturated rings. The van der Waals surface area contributed by atoms with E-state index >= 15 is 0 Å². The van der Waals surface area contributed by atoms with Gasteiger partial charge < -0.3 is 11.1 Å². The lowest BCUT2D eigenvalue weighted by atomic mass is 10.00. The number of carbonyl (C=O) groups is 1. The lowest BCUT2D eigenvalue weighted by Gasteiger charge is -2.14. The normalized spacial score (nSPS) is 12.0. The Kier molecular flexibility index (Phi) is 5.14. The molecule has 0 bridgehead atoms. The number of carbonyl (C=O) groups excluding carboxylic acids is 1. The monoisotopic (exact) mass is 386 g/mol. The first-order valence-corrected chi connectivity index (χ1v) is 7.75. The van der Waals surface area contributed by atoms with E-state index in [4.69, 9.17) is 28.9 Å². The van der Waals surface area contributed by atoms with Crippen molar-refractivity contribution in [2.75, 3.05) is 11.1 Å². The number of hydrogen-bond acceptors (Lipinski definition) is 2. The van der Waals surface area contributed by atoms with Gasteiger partial charge in [-0.05, 0) is 52.7 Å². The van der Waals surface area contributed by atoms with Crippen LogP contribution in [0.4, 0.5) is 11.4 Å². The van der Waals surface area contributed by atoms with E-state index in [0.717, 1.165) is 5.56 Å². The molecule has 0 aromatic heterocycles. The van der Waals surface area contributed by atoms with Gasteiger partial charge in [0.2, 0.25) is 5.91 Å². The van der Waals surface area contributed by atoms with Crippen LogP contribution in [0, 0.1) is 0 Å². The van der Waals surface area contributed by atoms with E-state index in [1.807, 2.05) is 12.1 Å². The number of benzene rings is 2. The molecular weight excluding hydrogens is 375 g/mol. The quantitative estimate of drug-likeness (QED) is 0.569. The summed E-state index contributed by atoms with van der Waals surface area (Å²) in [7, 11) is 0. The van der Waals surface area contributed by atoms with E-state index in [1.165, 1.54) is 0 Å². The van der Waals surface area contributed by atoms with Crippen LogP contribution in [-0.4, -0.2) is 5.91 Å². The molecule has 0 heterocycles. The molecule has 0 spiro atoms. The van der Waals surface area contributed by atoms with Gasteiger partial charge >= 0.3 is 0 Å². The van der Waals surface area contributed by atoms with Crippen LogP contribution in [0.15, 0.2) is 40.9 Å². The van der Waals surface area contributed by atoms with Gasteiger partial charge in [-0.3, -0.25) is 4.79 Å². The van der Waals surface area contributed by atoms with Gasteiger partial charge in [0.15, 0.2) is 0 Å². The van der Waals surface area contributed by atoms with E-state index in [9.17, 15) is 4.79 Å². The summed E-state index contributed by atoms with van der Waals surface area (Å²) in [6, 6.07) is 10.7. The van der Waals surface area contributed by atoms with Crippen LogP contribution in [0.3, 0.4) is 0 Å². The molecule has 3 nitrogen and oxygen atoms in total. The number of halogens is 3. The Hall–Kier alpha value is -1.23. The SMILES string of the molecule is CC(C(=O)Nc1ccc(Br)c(Cl)c1Cl)c1cccc(N)c1. The second-order valence-electron chi connectivity index (χ2n) is 4.60. The highest BCUT2D eigenvalue weighted by Crippen LogP contribution is 2.36. The van der Waals surface area contributed by atoms with Gasteiger partial charge in [-0.2, -0.15) is 0 Å². The van der Waals surface area contributed by atoms with Crippen LogP contribution < -0.4 is 11.1 Å². The minimum absolute atomic E-state index is 0.180. The van der Waals surface area contributed by atoms with Crippen molar-refractivity contribution >= 4 is 56.4 Å². The van der Waals surface area contributed by atoms with E-state index in [0.29, 0.717) is 25.9 Å². The second-order valence-corrected chi connectivity index (χ2v) is 6.21. The Labute approximate surface area is 141 Å². The molecule has 0 radical (unpaired) electrons. The maximum absolute atomic E-state index is 12.3. The van der Waals surface area contributed by atoms with Gasteiger partial charge in [0.1, 0.15) is 0 Å². The molecule has 1 amide bonds. The Morgan fingerprint density at radius 1 is 1.24 bits per heavy atom. The summed E-state index contributed by atoms with van der Waals surface area (Å²) in [5.41, 5.74) is 7.67. The zero-order valence-electron chi connectivity index (χ0n) is 11.2. The van der Waals surface area contributed by atoms with Crippen molar-refractivity contribution in [1.82, 2.24) is 0 Å². The maximum atomic E-state index is 12.3. The Bertz CT molecular complexity index is 691. The fraction of sp³-hybridized carbons (Fsp3) is 0.133. The summed E-state index contributed by atoms with van der Waals surface area (Å²) >= 11 is 15.4. The lowest BCUT2D eigenvalue weighted by Crippen LogP contribution is -2.19. The van der Waals surface area contributed by atoms with Crippen molar-refractivity contribution in [3.63, 3.8) is 0 Å². The molecule has 0 aliphatic carbocycles. The van der Waals surface area contributed by atoms with E-state index < -0.39 is 0 Å². The average molecular weight is 388 g/mol. The van der Waals surface area contributed by atoms with Crippen molar-refractivity contribution in [3.8, 4) is 0 Å². The Morgan fingerprint density at radius 2 is 1.95 bits per heavy atom. The molecule has 6 heteroatoms. The third kappa shape index (κ3) is 3.70. The molecule has 2 aromatic carbocycles. The smallest absolute Gasteiger partial charge is 0.231 e. The van der Waals surface area contributed by atoms with E-state index in [2.05, 4.69) is 21.2 Å². The standard InChI is InChI=1S/C15H13BrCl2N2O/c1-8(9-3-2-4-10(19)7-9)15(21)20-12-6-5-11(16)13(17)14(12)18/h2-8H,19H2,1H3,(H,20,21). The summed E-state index contributed by atoms with van der Waals surface area (Å²) in [6.07, 6.45) is 0. The summed E-state index contributed by atoms with van der Waals surface area (Å²) in [6.45, 7) is 1.80. The molecule has 0 aliphatic rings. The fourth-order valence-electron chi connectivity index (χ4n) is 1.84. The first-order valence-electron chi connectivity index (χ1n) is 6.20. The molecule has 0 aliphatic heterocycles. The number of amides is 1. The predicted octanol–water partition coefficient (Wildman–Crippen LogP) is 5.08. The molecular formula is C15H13BrCl2N2O. The van der Waals surface area contributed by atoms with Crippen molar-refractivity contribution in [2.45, 2.75) is 12.8 Å². The topological polar surface area (TPSA) is 55.1 Å². The molecule has 1 atom stereocenters. The zero-order chi connectivity index (χ0) is 15.6. The van der Waals surface area contributed by atoms with Crippen LogP contribution in [0.5, 0.6) is 0 Å². The third-order valence-corrected chi connectivity index (χ3v) is 4.87. The molecule has 2 aromatic rings. The van der Waals surface area contributed by atoms with Gasteiger partial charge in [0, 0.05) is 10.2 Å². The maximum Gasteiger partial charge on any atom is 0.231 e. The van der Waals surface area contributed by atoms with Crippen LogP contribution in [-0.2, 0) is 4.79 Å². The van der Waals surface area contributed by atoms with Crippen molar-refractivity contribution in [3.05, 3.63) is 56.5 Å². The summed E-state index contributed by atoms with van der Waals surface area (Å²) in [5, 5.41) is 3.45. The van der Waals surface area contributed by atoms with Crippen molar-refractivity contribution < 1.29 is 4.79 Å². The van der Waals surface area contributed by atoms with Crippen LogP contribution >= 0.6 is 39.1 Å². The highest BCUT2D eigenvalue weighted by molar-refractivity contribution is 9.10. The first kappa shape index (κ1) is 16.1. The number of rotatable bonds is 3.